The second kappa shape index (κ2) is 35.5. The highest BCUT2D eigenvalue weighted by Gasteiger charge is 2.53. The zero-order chi connectivity index (χ0) is 87.2. The molecule has 0 bridgehead atoms. The van der Waals surface area contributed by atoms with E-state index in [4.69, 9.17) is 76.2 Å². The average Bonchev–Trinajstić information content (AvgIpc) is 1.52. The number of nitrogens with two attached hydrogens (primary N) is 3. The largest absolute Gasteiger partial charge is 0.462 e. The summed E-state index contributed by atoms with van der Waals surface area (Å²) in [4.78, 5) is 93.9. The van der Waals surface area contributed by atoms with Crippen molar-refractivity contribution in [1.29, 1.82) is 0 Å². The van der Waals surface area contributed by atoms with E-state index in [1.54, 1.807) is 26.8 Å². The first-order chi connectivity index (χ1) is 58.0. The number of carbonyl (C=O) groups excluding carboxylic acids is 3. The molecule has 6 N–H and O–H groups in total. The number of aromatic nitrogens is 9. The number of likely N-dealkylation sites (N-methyl/N-ethyl adjacent to an activating group) is 3. The molecule has 1 saturated carbocycles. The number of likely N-dealkylation sites (tertiary alicyclic amines) is 3. The quantitative estimate of drug-likeness (QED) is 0.0531. The number of amides is 3. The lowest BCUT2D eigenvalue weighted by Crippen LogP contribution is -2.49. The Morgan fingerprint density at radius 3 is 1.04 bits per heavy atom. The molecule has 7 aliphatic rings. The molecule has 4 atom stereocenters. The summed E-state index contributed by atoms with van der Waals surface area (Å²) in [5.41, 5.74) is 14.7. The smallest absolute Gasteiger partial charge is 0.418 e. The number of nitrogen functional groups attached to an aromatic ring is 3. The van der Waals surface area contributed by atoms with Crippen LogP contribution in [0.4, 0.5) is 74.4 Å². The summed E-state index contributed by atoms with van der Waals surface area (Å²) < 4.78 is 143. The minimum Gasteiger partial charge on any atom is -0.462 e. The average molecular weight is 1750 g/mol. The number of fused-ring (bicyclic) bond motifs is 3. The Morgan fingerprint density at radius 1 is 0.443 bits per heavy atom. The normalized spacial score (nSPS) is 19.6. The first kappa shape index (κ1) is 87.4. The standard InChI is InChI=1S/C29H31ClF3N7O2.C28H31ClF3N7O2.C26H27ClF3N7O2/c1-3-24(41)39-10-12-40(13-11-39)26-19-14-21(30)18(25-20(29(31,32)33)4-5-23(34)36-25)15-22(19)35-27(37-26)42-16-17-6-7-28(8-9-28)38(17)2;1-4-24(40)38-7-9-39(10-8-38)26-19-12-21(29)18(25-20(28(30,31)32)5-6-23(33)35-25)13-22(19)34-27(36-26)41-15-17-11-16(2)14-37(17)3;1-3-22(38)36-8-10-37(11-9-36)24-17-12-19(27)16(23-18(26(28,29)30)4-5-21(31)33-23)13-20(17)32-25(34-24)39-14-15-6-7-35(15)2/h3-5,14-15,17H,1,6-13,16H2,2H3,(H2,34,36);4-6,12-13,16-17H,1,7-11,14-15H2,2-3H3,(H2,33,35);3-5,12-13,15H,1,6-11,14H2,2H3,(H2,31,33)/t17-;16-,17+;15-/m010/s1. The first-order valence-electron chi connectivity index (χ1n) is 39.5. The Morgan fingerprint density at radius 2 is 0.770 bits per heavy atom. The summed E-state index contributed by atoms with van der Waals surface area (Å²) in [5, 5.41) is 1.76. The molecule has 1 aliphatic carbocycles. The summed E-state index contributed by atoms with van der Waals surface area (Å²) in [6.07, 6.45) is -3.69. The predicted molar refractivity (Wildman–Crippen MR) is 449 cm³/mol. The van der Waals surface area contributed by atoms with Crippen LogP contribution in [0.2, 0.25) is 15.1 Å². The van der Waals surface area contributed by atoms with Crippen molar-refractivity contribution in [2.24, 2.45) is 5.92 Å². The van der Waals surface area contributed by atoms with Crippen molar-refractivity contribution >= 4 is 120 Å². The van der Waals surface area contributed by atoms with E-state index in [9.17, 15) is 53.9 Å². The number of alkyl halides is 9. The monoisotopic (exact) mass is 1750 g/mol. The highest BCUT2D eigenvalue weighted by molar-refractivity contribution is 6.35. The first-order valence-corrected chi connectivity index (χ1v) is 40.7. The maximum atomic E-state index is 13.9. The summed E-state index contributed by atoms with van der Waals surface area (Å²) in [6.45, 7) is 21.5. The number of hydrogen-bond acceptors (Lipinski definition) is 24. The van der Waals surface area contributed by atoms with Gasteiger partial charge in [-0.15, -0.1) is 0 Å². The van der Waals surface area contributed by atoms with Gasteiger partial charge in [0.05, 0.1) is 65.4 Å². The molecule has 1 spiro atoms. The minimum atomic E-state index is -4.67. The van der Waals surface area contributed by atoms with Gasteiger partial charge in [-0.1, -0.05) is 61.5 Å². The fraction of sp³-hybridized carbons (Fsp3) is 0.422. The predicted octanol–water partition coefficient (Wildman–Crippen LogP) is 13.1. The lowest BCUT2D eigenvalue weighted by Gasteiger charge is -2.37. The van der Waals surface area contributed by atoms with Gasteiger partial charge in [0.15, 0.2) is 0 Å². The summed E-state index contributed by atoms with van der Waals surface area (Å²) in [6, 6.07) is 16.0. The molecule has 12 heterocycles. The van der Waals surface area contributed by atoms with Crippen molar-refractivity contribution < 1.29 is 68.1 Å². The zero-order valence-corrected chi connectivity index (χ0v) is 69.4. The molecule has 39 heteroatoms. The highest BCUT2D eigenvalue weighted by Crippen LogP contribution is 2.52. The van der Waals surface area contributed by atoms with Crippen LogP contribution < -0.4 is 46.1 Å². The van der Waals surface area contributed by atoms with E-state index in [-0.39, 0.29) is 120 Å². The molecule has 646 valence electrons. The van der Waals surface area contributed by atoms with Crippen LogP contribution in [0, 0.1) is 5.92 Å². The molecule has 7 fully saturated rings. The minimum absolute atomic E-state index is 0.0412. The number of piperazine rings is 3. The molecule has 6 saturated heterocycles. The van der Waals surface area contributed by atoms with Gasteiger partial charge in [-0.25, -0.2) is 15.0 Å². The number of rotatable bonds is 18. The maximum Gasteiger partial charge on any atom is 0.418 e. The molecule has 0 radical (unpaired) electrons. The van der Waals surface area contributed by atoms with E-state index in [2.05, 4.69) is 83.3 Å². The van der Waals surface area contributed by atoms with E-state index >= 15 is 0 Å². The number of benzene rings is 3. The third-order valence-corrected chi connectivity index (χ3v) is 24.4. The van der Waals surface area contributed by atoms with E-state index in [1.807, 2.05) is 28.8 Å². The SMILES string of the molecule is C=CC(=O)N1CCN(c2nc(OC[C@@H]3CCC4(CC4)N3C)nc3cc(-c4nc(N)ccc4C(F)(F)F)c(Cl)cc23)CC1.C=CC(=O)N1CCN(c2nc(OC[C@@H]3CCN3C)nc3cc(-c4nc(N)ccc4C(F)(F)F)c(Cl)cc23)CC1.C=CC(=O)N1CCN(c2nc(OC[C@@H]3C[C@@H](C)CN3C)nc3cc(-c4nc(N)ccc4C(F)(F)F)c(Cl)cc23)CC1. The number of halogens is 12. The van der Waals surface area contributed by atoms with Crippen LogP contribution >= 0.6 is 34.8 Å². The Balaban J connectivity index is 0.000000150. The summed E-state index contributed by atoms with van der Waals surface area (Å²) in [5.74, 6) is 1.44. The van der Waals surface area contributed by atoms with Gasteiger partial charge < -0.3 is 60.8 Å². The van der Waals surface area contributed by atoms with Crippen LogP contribution in [-0.2, 0) is 32.9 Å². The molecule has 6 aromatic heterocycles. The van der Waals surface area contributed by atoms with Crippen molar-refractivity contribution in [2.45, 2.75) is 87.6 Å². The highest BCUT2D eigenvalue weighted by atomic mass is 35.5. The lowest BCUT2D eigenvalue weighted by atomic mass is 10.0. The number of carbonyl (C=O) groups is 3. The zero-order valence-electron chi connectivity index (χ0n) is 67.1. The third kappa shape index (κ3) is 19.0. The molecule has 0 unspecified atom stereocenters. The molecule has 27 nitrogen and oxygen atoms in total. The van der Waals surface area contributed by atoms with Crippen molar-refractivity contribution in [3.63, 3.8) is 0 Å². The fourth-order valence-corrected chi connectivity index (χ4v) is 17.1. The summed E-state index contributed by atoms with van der Waals surface area (Å²) >= 11 is 19.8. The van der Waals surface area contributed by atoms with Crippen LogP contribution in [0.25, 0.3) is 66.5 Å². The second-order valence-electron chi connectivity index (χ2n) is 31.3. The van der Waals surface area contributed by atoms with Gasteiger partial charge in [0.2, 0.25) is 17.7 Å². The van der Waals surface area contributed by atoms with Crippen molar-refractivity contribution in [2.75, 3.05) is 164 Å². The fourth-order valence-electron chi connectivity index (χ4n) is 16.3. The van der Waals surface area contributed by atoms with E-state index in [0.29, 0.717) is 160 Å². The molecular formula is C83H89Cl3F9N21O6. The maximum absolute atomic E-state index is 13.9. The molecular weight excluding hydrogens is 1660 g/mol. The van der Waals surface area contributed by atoms with Gasteiger partial charge in [-0.2, -0.15) is 69.4 Å². The number of pyridine rings is 3. The molecule has 9 aromatic rings. The van der Waals surface area contributed by atoms with Crippen LogP contribution in [0.1, 0.15) is 62.1 Å². The van der Waals surface area contributed by atoms with Crippen molar-refractivity contribution in [3.05, 3.63) is 143 Å². The van der Waals surface area contributed by atoms with Gasteiger partial charge in [0.1, 0.15) is 54.7 Å². The van der Waals surface area contributed by atoms with Crippen molar-refractivity contribution in [3.8, 4) is 51.8 Å². The molecule has 6 aliphatic heterocycles. The Hall–Kier alpha value is -10.9. The van der Waals surface area contributed by atoms with Crippen molar-refractivity contribution in [1.82, 2.24) is 74.3 Å². The van der Waals surface area contributed by atoms with Gasteiger partial charge in [0.25, 0.3) is 0 Å². The number of ether oxygens (including phenoxy) is 3. The number of nitrogens with zero attached hydrogens (tertiary/aromatic N) is 18. The van der Waals surface area contributed by atoms with Crippen LogP contribution in [0.5, 0.6) is 18.0 Å². The number of hydrogen-bond donors (Lipinski definition) is 3. The van der Waals surface area contributed by atoms with Gasteiger partial charge in [0, 0.05) is 142 Å². The molecule has 3 aromatic carbocycles. The summed E-state index contributed by atoms with van der Waals surface area (Å²) in [7, 11) is 6.16. The van der Waals surface area contributed by atoms with Gasteiger partial charge >= 0.3 is 36.6 Å². The van der Waals surface area contributed by atoms with Crippen LogP contribution in [0.15, 0.2) is 111 Å². The van der Waals surface area contributed by atoms with E-state index in [1.165, 1.54) is 55.3 Å². The number of anilines is 6. The lowest BCUT2D eigenvalue weighted by molar-refractivity contribution is -0.138. The van der Waals surface area contributed by atoms with E-state index in [0.717, 1.165) is 75.2 Å². The molecule has 16 rings (SSSR count). The second-order valence-corrected chi connectivity index (χ2v) is 32.5. The van der Waals surface area contributed by atoms with Crippen LogP contribution in [-0.4, -0.2) is 248 Å². The van der Waals surface area contributed by atoms with Gasteiger partial charge in [-0.05, 0) is 163 Å². The Labute approximate surface area is 711 Å². The Bertz CT molecular complexity index is 5510. The van der Waals surface area contributed by atoms with Gasteiger partial charge in [-0.3, -0.25) is 29.1 Å². The molecule has 3 amide bonds. The van der Waals surface area contributed by atoms with E-state index < -0.39 is 35.2 Å². The topological polar surface area (TPSA) is 302 Å². The van der Waals surface area contributed by atoms with Crippen LogP contribution in [0.3, 0.4) is 0 Å². The third-order valence-electron chi connectivity index (χ3n) is 23.5. The Kier molecular flexibility index (Phi) is 25.4. The molecule has 122 heavy (non-hydrogen) atoms.